The number of aromatic nitrogens is 5. The summed E-state index contributed by atoms with van der Waals surface area (Å²) >= 11 is 0. The van der Waals surface area contributed by atoms with Crippen molar-refractivity contribution in [2.75, 3.05) is 5.73 Å². The summed E-state index contributed by atoms with van der Waals surface area (Å²) in [6, 6.07) is 0. The third-order valence-corrected chi connectivity index (χ3v) is 3.59. The van der Waals surface area contributed by atoms with Gasteiger partial charge in [-0.15, -0.1) is 0 Å². The quantitative estimate of drug-likeness (QED) is 0.766. The maximum Gasteiger partial charge on any atom is 0.146 e. The number of nitrogens with zero attached hydrogens (tertiary/aromatic N) is 5. The first-order chi connectivity index (χ1) is 9.58. The number of nitrogen functional groups attached to an aromatic ring is 1. The van der Waals surface area contributed by atoms with Crippen molar-refractivity contribution in [1.82, 2.24) is 24.5 Å². The number of hydrogen-bond donors (Lipinski definition) is 1. The van der Waals surface area contributed by atoms with Crippen LogP contribution in [0.3, 0.4) is 0 Å². The number of rotatable bonds is 2. The van der Waals surface area contributed by atoms with E-state index in [9.17, 15) is 0 Å². The summed E-state index contributed by atoms with van der Waals surface area (Å²) < 4.78 is 2.10. The van der Waals surface area contributed by atoms with Crippen molar-refractivity contribution in [3.8, 4) is 0 Å². The summed E-state index contributed by atoms with van der Waals surface area (Å²) in [6.45, 7) is 6.64. The van der Waals surface area contributed by atoms with Crippen LogP contribution in [0.5, 0.6) is 0 Å². The molecule has 3 aromatic rings. The summed E-state index contributed by atoms with van der Waals surface area (Å²) in [5.41, 5.74) is 10.8. The molecule has 0 fully saturated rings. The maximum atomic E-state index is 5.96. The molecule has 0 saturated heterocycles. The third kappa shape index (κ3) is 1.89. The Labute approximate surface area is 116 Å². The molecule has 0 spiro atoms. The van der Waals surface area contributed by atoms with Gasteiger partial charge in [-0.1, -0.05) is 0 Å². The molecule has 102 valence electrons. The Balaban J connectivity index is 2.14. The van der Waals surface area contributed by atoms with Crippen LogP contribution >= 0.6 is 0 Å². The Hall–Kier alpha value is -2.50. The lowest BCUT2D eigenvalue weighted by molar-refractivity contribution is 0.760. The smallest absolute Gasteiger partial charge is 0.146 e. The molecule has 0 aliphatic heterocycles. The summed E-state index contributed by atoms with van der Waals surface area (Å²) in [6.07, 6.45) is 5.06. The van der Waals surface area contributed by atoms with Gasteiger partial charge >= 0.3 is 0 Å². The minimum absolute atomic E-state index is 0.518. The summed E-state index contributed by atoms with van der Waals surface area (Å²) in [4.78, 5) is 17.1. The number of hydrogen-bond acceptors (Lipinski definition) is 5. The van der Waals surface area contributed by atoms with Gasteiger partial charge < -0.3 is 10.3 Å². The molecule has 0 saturated carbocycles. The van der Waals surface area contributed by atoms with Crippen LogP contribution in [0.15, 0.2) is 18.7 Å². The van der Waals surface area contributed by atoms with Crippen LogP contribution in [-0.4, -0.2) is 24.5 Å². The first-order valence-corrected chi connectivity index (χ1v) is 6.41. The number of nitrogens with two attached hydrogens (primary N) is 1. The van der Waals surface area contributed by atoms with Crippen molar-refractivity contribution in [3.05, 3.63) is 41.4 Å². The molecule has 0 aliphatic rings. The van der Waals surface area contributed by atoms with Gasteiger partial charge in [-0.25, -0.2) is 9.97 Å². The minimum Gasteiger partial charge on any atom is -0.383 e. The molecule has 6 heteroatoms. The zero-order chi connectivity index (χ0) is 14.3. The zero-order valence-corrected chi connectivity index (χ0v) is 11.8. The summed E-state index contributed by atoms with van der Waals surface area (Å²) in [7, 11) is 0. The van der Waals surface area contributed by atoms with Gasteiger partial charge in [0.2, 0.25) is 0 Å². The highest BCUT2D eigenvalue weighted by Crippen LogP contribution is 2.27. The molecule has 3 heterocycles. The SMILES string of the molecule is Cc1cnc(Cn2c(C)c(C)c3c(N)ncnc32)cn1. The third-order valence-electron chi connectivity index (χ3n) is 3.59. The molecule has 0 radical (unpaired) electrons. The molecule has 2 N–H and O–H groups in total. The topological polar surface area (TPSA) is 82.5 Å². The average Bonchev–Trinajstić information content (AvgIpc) is 2.67. The van der Waals surface area contributed by atoms with E-state index in [0.29, 0.717) is 12.4 Å². The van der Waals surface area contributed by atoms with E-state index >= 15 is 0 Å². The Morgan fingerprint density at radius 2 is 1.85 bits per heavy atom. The molecule has 6 nitrogen and oxygen atoms in total. The van der Waals surface area contributed by atoms with E-state index in [1.54, 1.807) is 12.4 Å². The Kier molecular flexibility index (Phi) is 2.85. The van der Waals surface area contributed by atoms with Crippen molar-refractivity contribution in [2.24, 2.45) is 0 Å². The van der Waals surface area contributed by atoms with Crippen molar-refractivity contribution < 1.29 is 0 Å². The molecule has 0 aromatic carbocycles. The first kappa shape index (κ1) is 12.5. The standard InChI is InChI=1S/C14H16N6/c1-8-4-17-11(5-16-8)6-20-10(3)9(2)12-13(15)18-7-19-14(12)20/h4-5,7H,6H2,1-3H3,(H2,15,18,19). The largest absolute Gasteiger partial charge is 0.383 e. The van der Waals surface area contributed by atoms with Crippen molar-refractivity contribution >= 4 is 16.9 Å². The highest BCUT2D eigenvalue weighted by Gasteiger charge is 2.15. The van der Waals surface area contributed by atoms with Crippen LogP contribution in [0.2, 0.25) is 0 Å². The lowest BCUT2D eigenvalue weighted by Crippen LogP contribution is -2.05. The average molecular weight is 268 g/mol. The number of anilines is 1. The summed E-state index contributed by atoms with van der Waals surface area (Å²) in [5.74, 6) is 0.518. The molecule has 0 atom stereocenters. The van der Waals surface area contributed by atoms with Gasteiger partial charge in [0.05, 0.1) is 29.5 Å². The van der Waals surface area contributed by atoms with Crippen LogP contribution in [0.25, 0.3) is 11.0 Å². The molecule has 3 rings (SSSR count). The monoisotopic (exact) mass is 268 g/mol. The molecule has 3 aromatic heterocycles. The molecule has 20 heavy (non-hydrogen) atoms. The van der Waals surface area contributed by atoms with E-state index in [-0.39, 0.29) is 0 Å². The molecular weight excluding hydrogens is 252 g/mol. The van der Waals surface area contributed by atoms with E-state index in [0.717, 1.165) is 33.7 Å². The van der Waals surface area contributed by atoms with E-state index < -0.39 is 0 Å². The van der Waals surface area contributed by atoms with Gasteiger partial charge in [-0.2, -0.15) is 0 Å². The van der Waals surface area contributed by atoms with Crippen LogP contribution < -0.4 is 5.73 Å². The van der Waals surface area contributed by atoms with Gasteiger partial charge in [0.25, 0.3) is 0 Å². The van der Waals surface area contributed by atoms with Crippen molar-refractivity contribution in [2.45, 2.75) is 27.3 Å². The number of aryl methyl sites for hydroxylation is 2. The second-order valence-electron chi connectivity index (χ2n) is 4.90. The number of fused-ring (bicyclic) bond motifs is 1. The van der Waals surface area contributed by atoms with Gasteiger partial charge in [0, 0.05) is 11.9 Å². The first-order valence-electron chi connectivity index (χ1n) is 6.41. The second kappa shape index (κ2) is 4.56. The van der Waals surface area contributed by atoms with Crippen LogP contribution in [0.1, 0.15) is 22.6 Å². The Morgan fingerprint density at radius 1 is 1.05 bits per heavy atom. The van der Waals surface area contributed by atoms with Crippen LogP contribution in [0, 0.1) is 20.8 Å². The Morgan fingerprint density at radius 3 is 2.55 bits per heavy atom. The highest BCUT2D eigenvalue weighted by molar-refractivity contribution is 5.90. The van der Waals surface area contributed by atoms with E-state index in [1.807, 2.05) is 13.8 Å². The zero-order valence-electron chi connectivity index (χ0n) is 11.8. The van der Waals surface area contributed by atoms with Crippen LogP contribution in [-0.2, 0) is 6.54 Å². The molecular formula is C14H16N6. The normalized spacial score (nSPS) is 11.2. The maximum absolute atomic E-state index is 5.96. The van der Waals surface area contributed by atoms with Crippen molar-refractivity contribution in [1.29, 1.82) is 0 Å². The predicted octanol–water partition coefficient (Wildman–Crippen LogP) is 1.78. The van der Waals surface area contributed by atoms with Crippen LogP contribution in [0.4, 0.5) is 5.82 Å². The van der Waals surface area contributed by atoms with E-state index in [2.05, 4.69) is 31.4 Å². The summed E-state index contributed by atoms with van der Waals surface area (Å²) in [5, 5.41) is 0.921. The Bertz CT molecular complexity index is 772. The van der Waals surface area contributed by atoms with E-state index in [4.69, 9.17) is 5.73 Å². The molecule has 0 bridgehead atoms. The van der Waals surface area contributed by atoms with Crippen molar-refractivity contribution in [3.63, 3.8) is 0 Å². The van der Waals surface area contributed by atoms with Gasteiger partial charge in [-0.3, -0.25) is 9.97 Å². The van der Waals surface area contributed by atoms with Gasteiger partial charge in [0.15, 0.2) is 0 Å². The fraction of sp³-hybridized carbons (Fsp3) is 0.286. The minimum atomic E-state index is 0.518. The molecule has 0 amide bonds. The fourth-order valence-electron chi connectivity index (χ4n) is 2.35. The fourth-order valence-corrected chi connectivity index (χ4v) is 2.35. The van der Waals surface area contributed by atoms with Gasteiger partial charge in [-0.05, 0) is 26.3 Å². The lowest BCUT2D eigenvalue weighted by atomic mass is 10.2. The second-order valence-corrected chi connectivity index (χ2v) is 4.90. The van der Waals surface area contributed by atoms with E-state index in [1.165, 1.54) is 6.33 Å². The highest BCUT2D eigenvalue weighted by atomic mass is 15.1. The van der Waals surface area contributed by atoms with Gasteiger partial charge in [0.1, 0.15) is 17.8 Å². The lowest BCUT2D eigenvalue weighted by Gasteiger charge is -2.07. The molecule has 0 unspecified atom stereocenters. The predicted molar refractivity (Wildman–Crippen MR) is 77.3 cm³/mol. The molecule has 0 aliphatic carbocycles.